The van der Waals surface area contributed by atoms with Gasteiger partial charge in [0, 0.05) is 36.1 Å². The quantitative estimate of drug-likeness (QED) is 0.264. The number of Topliss-reactive ketones (excluding diaryl/α,β-unsaturated/α-hetero) is 1. The summed E-state index contributed by atoms with van der Waals surface area (Å²) in [6.07, 6.45) is 5.81. The van der Waals surface area contributed by atoms with Crippen molar-refractivity contribution in [1.29, 1.82) is 0 Å². The van der Waals surface area contributed by atoms with Gasteiger partial charge in [0.25, 0.3) is 11.7 Å². The average molecular weight is 500 g/mol. The summed E-state index contributed by atoms with van der Waals surface area (Å²) in [6, 6.07) is 10.9. The topological polar surface area (TPSA) is 84.7 Å². The van der Waals surface area contributed by atoms with Crippen LogP contribution in [0.25, 0.3) is 5.76 Å². The Kier molecular flexibility index (Phi) is 7.24. The van der Waals surface area contributed by atoms with Crippen molar-refractivity contribution in [3.8, 4) is 5.75 Å². The van der Waals surface area contributed by atoms with E-state index < -0.39 is 17.7 Å². The molecule has 1 aliphatic heterocycles. The monoisotopic (exact) mass is 499 g/mol. The van der Waals surface area contributed by atoms with Crippen molar-refractivity contribution in [1.82, 2.24) is 14.5 Å². The number of likely N-dealkylation sites (tertiary alicyclic amines) is 1. The number of halogens is 2. The lowest BCUT2D eigenvalue weighted by molar-refractivity contribution is -0.139. The van der Waals surface area contributed by atoms with Gasteiger partial charge in [-0.15, -0.1) is 0 Å². The molecule has 1 N–H and O–H groups in total. The van der Waals surface area contributed by atoms with E-state index in [1.807, 2.05) is 17.7 Å². The van der Waals surface area contributed by atoms with E-state index in [0.717, 1.165) is 0 Å². The van der Waals surface area contributed by atoms with Crippen molar-refractivity contribution in [2.75, 3.05) is 13.2 Å². The molecule has 1 fully saturated rings. The summed E-state index contributed by atoms with van der Waals surface area (Å²) in [4.78, 5) is 31.7. The van der Waals surface area contributed by atoms with E-state index in [9.17, 15) is 14.7 Å². The molecule has 1 amide bonds. The molecule has 1 saturated heterocycles. The van der Waals surface area contributed by atoms with Gasteiger partial charge in [-0.3, -0.25) is 9.59 Å². The van der Waals surface area contributed by atoms with Crippen LogP contribution in [-0.4, -0.2) is 44.4 Å². The van der Waals surface area contributed by atoms with Gasteiger partial charge in [-0.2, -0.15) is 0 Å². The van der Waals surface area contributed by atoms with E-state index in [-0.39, 0.29) is 11.3 Å². The lowest BCUT2D eigenvalue weighted by atomic mass is 9.95. The van der Waals surface area contributed by atoms with Crippen LogP contribution < -0.4 is 4.74 Å². The Labute approximate surface area is 207 Å². The molecule has 2 heterocycles. The molecule has 34 heavy (non-hydrogen) atoms. The van der Waals surface area contributed by atoms with E-state index in [1.54, 1.807) is 48.9 Å². The van der Waals surface area contributed by atoms with E-state index in [4.69, 9.17) is 27.9 Å². The van der Waals surface area contributed by atoms with Crippen LogP contribution in [0.2, 0.25) is 10.0 Å². The average Bonchev–Trinajstić information content (AvgIpc) is 3.43. The number of hydrogen-bond donors (Lipinski definition) is 1. The number of carbonyl (C=O) groups excluding carboxylic acids is 2. The van der Waals surface area contributed by atoms with Crippen LogP contribution in [-0.2, 0) is 16.1 Å². The third kappa shape index (κ3) is 4.81. The lowest BCUT2D eigenvalue weighted by Crippen LogP contribution is -2.31. The minimum absolute atomic E-state index is 0.00943. The maximum absolute atomic E-state index is 13.1. The minimum Gasteiger partial charge on any atom is -0.507 e. The second-order valence-electron chi connectivity index (χ2n) is 7.78. The number of aromatic nitrogens is 2. The fourth-order valence-corrected chi connectivity index (χ4v) is 4.38. The number of aryl methyl sites for hydroxylation is 1. The van der Waals surface area contributed by atoms with Gasteiger partial charge < -0.3 is 19.3 Å². The van der Waals surface area contributed by atoms with Crippen molar-refractivity contribution in [2.24, 2.45) is 0 Å². The predicted octanol–water partition coefficient (Wildman–Crippen LogP) is 5.10. The van der Waals surface area contributed by atoms with E-state index in [2.05, 4.69) is 4.98 Å². The fourth-order valence-electron chi connectivity index (χ4n) is 4.02. The first-order valence-corrected chi connectivity index (χ1v) is 11.6. The molecule has 1 atom stereocenters. The van der Waals surface area contributed by atoms with Gasteiger partial charge in [0.2, 0.25) is 0 Å². The molecule has 3 aromatic rings. The number of carbonyl (C=O) groups is 2. The van der Waals surface area contributed by atoms with E-state index in [0.29, 0.717) is 53.0 Å². The smallest absolute Gasteiger partial charge is 0.295 e. The number of amides is 1. The Bertz CT molecular complexity index is 1220. The van der Waals surface area contributed by atoms with Crippen molar-refractivity contribution in [3.63, 3.8) is 0 Å². The first kappa shape index (κ1) is 23.9. The highest BCUT2D eigenvalue weighted by Gasteiger charge is 2.45. The first-order chi connectivity index (χ1) is 16.4. The number of benzene rings is 2. The SMILES string of the molecule is CCOc1ccc(/C(O)=C2\C(=O)C(=O)N(CCCn3ccnc3)C2c2ccc(Cl)cc2)cc1Cl. The second-order valence-corrected chi connectivity index (χ2v) is 8.62. The lowest BCUT2D eigenvalue weighted by Gasteiger charge is -2.25. The van der Waals surface area contributed by atoms with E-state index in [1.165, 1.54) is 11.0 Å². The van der Waals surface area contributed by atoms with Crippen LogP contribution in [0, 0.1) is 0 Å². The highest BCUT2D eigenvalue weighted by atomic mass is 35.5. The number of aliphatic hydroxyl groups excluding tert-OH is 1. The van der Waals surface area contributed by atoms with Crippen molar-refractivity contribution < 1.29 is 19.4 Å². The molecule has 0 aliphatic carbocycles. The second kappa shape index (κ2) is 10.3. The highest BCUT2D eigenvalue weighted by molar-refractivity contribution is 6.46. The zero-order valence-electron chi connectivity index (χ0n) is 18.4. The van der Waals surface area contributed by atoms with Crippen LogP contribution in [0.3, 0.4) is 0 Å². The summed E-state index contributed by atoms with van der Waals surface area (Å²) in [6.45, 7) is 3.22. The third-order valence-corrected chi connectivity index (χ3v) is 6.15. The number of aliphatic hydroxyl groups is 1. The molecule has 0 radical (unpaired) electrons. The number of ether oxygens (including phenoxy) is 1. The van der Waals surface area contributed by atoms with Gasteiger partial charge in [0.1, 0.15) is 11.5 Å². The van der Waals surface area contributed by atoms with Gasteiger partial charge in [-0.25, -0.2) is 4.98 Å². The fraction of sp³-hybridized carbons (Fsp3) is 0.240. The number of rotatable bonds is 8. The number of nitrogens with zero attached hydrogens (tertiary/aromatic N) is 3. The molecule has 9 heteroatoms. The van der Waals surface area contributed by atoms with Crippen LogP contribution >= 0.6 is 23.2 Å². The normalized spacial score (nSPS) is 17.4. The maximum atomic E-state index is 13.1. The Morgan fingerprint density at radius 2 is 1.88 bits per heavy atom. The van der Waals surface area contributed by atoms with Gasteiger partial charge in [0.05, 0.1) is 29.6 Å². The molecule has 1 aromatic heterocycles. The summed E-state index contributed by atoms with van der Waals surface area (Å²) in [7, 11) is 0. The Morgan fingerprint density at radius 1 is 1.12 bits per heavy atom. The Morgan fingerprint density at radius 3 is 2.53 bits per heavy atom. The minimum atomic E-state index is -0.759. The summed E-state index contributed by atoms with van der Waals surface area (Å²) in [5.74, 6) is -1.23. The Hall–Kier alpha value is -3.29. The zero-order valence-corrected chi connectivity index (χ0v) is 20.0. The third-order valence-electron chi connectivity index (χ3n) is 5.61. The van der Waals surface area contributed by atoms with Crippen molar-refractivity contribution >= 4 is 40.7 Å². The number of ketones is 1. The summed E-state index contributed by atoms with van der Waals surface area (Å²) >= 11 is 12.4. The maximum Gasteiger partial charge on any atom is 0.295 e. The van der Waals surface area contributed by atoms with Crippen molar-refractivity contribution in [3.05, 3.63) is 87.9 Å². The van der Waals surface area contributed by atoms with Gasteiger partial charge in [0.15, 0.2) is 0 Å². The molecule has 1 aliphatic rings. The standard InChI is InChI=1S/C25H23Cl2N3O4/c1-2-34-20-9-6-17(14-19(20)27)23(31)21-22(16-4-7-18(26)8-5-16)30(25(33)24(21)32)12-3-11-29-13-10-28-15-29/h4-10,13-15,22,31H,2-3,11-12H2,1H3/b23-21+. The molecule has 7 nitrogen and oxygen atoms in total. The van der Waals surface area contributed by atoms with Gasteiger partial charge >= 0.3 is 0 Å². The molecule has 0 saturated carbocycles. The van der Waals surface area contributed by atoms with Crippen LogP contribution in [0.4, 0.5) is 0 Å². The molecular weight excluding hydrogens is 477 g/mol. The van der Waals surface area contributed by atoms with Gasteiger partial charge in [-0.05, 0) is 49.2 Å². The summed E-state index contributed by atoms with van der Waals surface area (Å²) in [5.41, 5.74) is 1.00. The van der Waals surface area contributed by atoms with Crippen LogP contribution in [0.5, 0.6) is 5.75 Å². The molecule has 4 rings (SSSR count). The Balaban J connectivity index is 1.73. The predicted molar refractivity (Wildman–Crippen MR) is 130 cm³/mol. The molecule has 0 bridgehead atoms. The number of imidazole rings is 1. The summed E-state index contributed by atoms with van der Waals surface area (Å²) in [5, 5.41) is 12.0. The highest BCUT2D eigenvalue weighted by Crippen LogP contribution is 2.40. The molecule has 0 spiro atoms. The number of hydrogen-bond acceptors (Lipinski definition) is 5. The molecular formula is C25H23Cl2N3O4. The molecule has 176 valence electrons. The summed E-state index contributed by atoms with van der Waals surface area (Å²) < 4.78 is 7.35. The van der Waals surface area contributed by atoms with Crippen LogP contribution in [0.15, 0.2) is 66.8 Å². The van der Waals surface area contributed by atoms with Gasteiger partial charge in [-0.1, -0.05) is 35.3 Å². The van der Waals surface area contributed by atoms with E-state index >= 15 is 0 Å². The molecule has 1 unspecified atom stereocenters. The van der Waals surface area contributed by atoms with Crippen LogP contribution in [0.1, 0.15) is 30.5 Å². The largest absolute Gasteiger partial charge is 0.507 e. The molecule has 2 aromatic carbocycles. The zero-order chi connectivity index (χ0) is 24.2. The van der Waals surface area contributed by atoms with Crippen molar-refractivity contribution in [2.45, 2.75) is 25.9 Å². The first-order valence-electron chi connectivity index (χ1n) is 10.8.